The van der Waals surface area contributed by atoms with Crippen LogP contribution in [0.25, 0.3) is 11.0 Å². The van der Waals surface area contributed by atoms with Crippen LogP contribution >= 0.6 is 0 Å². The second-order valence-electron chi connectivity index (χ2n) is 6.10. The smallest absolute Gasteiger partial charge is 0.208 e. The Balaban J connectivity index is 2.25. The lowest BCUT2D eigenvalue weighted by molar-refractivity contribution is 0.126. The fourth-order valence-electron chi connectivity index (χ4n) is 2.74. The molecule has 0 spiro atoms. The number of hydrogen-bond acceptors (Lipinski definition) is 6. The highest BCUT2D eigenvalue weighted by atomic mass is 32.2. The molecule has 0 unspecified atom stereocenters. The number of aromatic nitrogens is 3. The van der Waals surface area contributed by atoms with Crippen LogP contribution in [-0.4, -0.2) is 42.4 Å². The normalized spacial score (nSPS) is 12.2. The highest BCUT2D eigenvalue weighted by Crippen LogP contribution is 2.26. The number of unbranched alkanes of at least 4 members (excludes halogenated alkanes) is 1. The van der Waals surface area contributed by atoms with E-state index in [-0.39, 0.29) is 0 Å². The minimum Gasteiger partial charge on any atom is -0.382 e. The minimum absolute atomic E-state index is 0.407. The van der Waals surface area contributed by atoms with Gasteiger partial charge in [0, 0.05) is 25.4 Å². The number of anilines is 1. The zero-order valence-corrected chi connectivity index (χ0v) is 16.1. The molecule has 25 heavy (non-hydrogen) atoms. The Morgan fingerprint density at radius 3 is 2.60 bits per heavy atom. The number of ether oxygens (including phenoxy) is 1. The van der Waals surface area contributed by atoms with Crippen LogP contribution in [0.5, 0.6) is 0 Å². The van der Waals surface area contributed by atoms with E-state index < -0.39 is 10.0 Å². The molecule has 0 aliphatic carbocycles. The number of nitrogens with zero attached hydrogens (tertiary/aromatic N) is 3. The van der Waals surface area contributed by atoms with E-state index in [1.807, 2.05) is 20.8 Å². The van der Waals surface area contributed by atoms with Crippen molar-refractivity contribution in [3.63, 3.8) is 0 Å². The molecule has 140 valence electrons. The number of rotatable bonds is 9. The first kappa shape index (κ1) is 19.6. The molecule has 0 atom stereocenters. The SMILES string of the molecule is CCOCc1nc2c(N)nc(C)c(C)c2n1CCCCNS(C)(=O)=O. The molecule has 0 saturated heterocycles. The monoisotopic (exact) mass is 369 g/mol. The van der Waals surface area contributed by atoms with Gasteiger partial charge in [0.05, 0.1) is 11.8 Å². The Morgan fingerprint density at radius 2 is 1.96 bits per heavy atom. The number of fused-ring (bicyclic) bond motifs is 1. The molecule has 3 N–H and O–H groups in total. The van der Waals surface area contributed by atoms with Crippen molar-refractivity contribution in [2.45, 2.75) is 46.8 Å². The molecular formula is C16H27N5O3S. The summed E-state index contributed by atoms with van der Waals surface area (Å²) in [5.74, 6) is 1.24. The van der Waals surface area contributed by atoms with Gasteiger partial charge in [0.2, 0.25) is 10.0 Å². The van der Waals surface area contributed by atoms with E-state index in [0.29, 0.717) is 37.6 Å². The molecule has 0 fully saturated rings. The Bertz CT molecular complexity index is 845. The Kier molecular flexibility index (Phi) is 6.36. The van der Waals surface area contributed by atoms with Gasteiger partial charge >= 0.3 is 0 Å². The van der Waals surface area contributed by atoms with Crippen LogP contribution in [0.2, 0.25) is 0 Å². The molecule has 9 heteroatoms. The van der Waals surface area contributed by atoms with Crippen molar-refractivity contribution in [3.8, 4) is 0 Å². The molecule has 0 aliphatic rings. The first-order valence-electron chi connectivity index (χ1n) is 8.38. The van der Waals surface area contributed by atoms with Crippen molar-refractivity contribution in [1.29, 1.82) is 0 Å². The van der Waals surface area contributed by atoms with Gasteiger partial charge in [-0.3, -0.25) is 0 Å². The number of pyridine rings is 1. The zero-order chi connectivity index (χ0) is 18.6. The summed E-state index contributed by atoms with van der Waals surface area (Å²) >= 11 is 0. The summed E-state index contributed by atoms with van der Waals surface area (Å²) in [6.45, 7) is 8.04. The minimum atomic E-state index is -3.15. The van der Waals surface area contributed by atoms with Crippen molar-refractivity contribution in [2.24, 2.45) is 0 Å². The predicted octanol–water partition coefficient (Wildman–Crippen LogP) is 1.50. The van der Waals surface area contributed by atoms with Gasteiger partial charge in [-0.25, -0.2) is 23.1 Å². The largest absolute Gasteiger partial charge is 0.382 e. The summed E-state index contributed by atoms with van der Waals surface area (Å²) < 4.78 is 32.4. The van der Waals surface area contributed by atoms with Gasteiger partial charge < -0.3 is 15.0 Å². The first-order chi connectivity index (χ1) is 11.7. The molecule has 8 nitrogen and oxygen atoms in total. The second kappa shape index (κ2) is 8.11. The lowest BCUT2D eigenvalue weighted by Crippen LogP contribution is -2.23. The third-order valence-electron chi connectivity index (χ3n) is 4.08. The van der Waals surface area contributed by atoms with E-state index in [4.69, 9.17) is 10.5 Å². The van der Waals surface area contributed by atoms with Gasteiger partial charge in [-0.1, -0.05) is 0 Å². The molecule has 0 saturated carbocycles. The Hall–Kier alpha value is -1.71. The standard InChI is InChI=1S/C16H27N5O3S/c1-5-24-10-13-20-14-15(11(2)12(3)19-16(14)17)21(13)9-7-6-8-18-25(4,22)23/h18H,5-10H2,1-4H3,(H2,17,19). The number of nitrogen functional groups attached to an aromatic ring is 1. The summed E-state index contributed by atoms with van der Waals surface area (Å²) in [5, 5.41) is 0. The third-order valence-corrected chi connectivity index (χ3v) is 4.81. The molecular weight excluding hydrogens is 342 g/mol. The molecule has 0 radical (unpaired) electrons. The maximum atomic E-state index is 11.1. The van der Waals surface area contributed by atoms with Gasteiger partial charge in [0.1, 0.15) is 17.9 Å². The van der Waals surface area contributed by atoms with Gasteiger partial charge in [0.15, 0.2) is 5.82 Å². The topological polar surface area (TPSA) is 112 Å². The summed E-state index contributed by atoms with van der Waals surface area (Å²) in [7, 11) is -3.15. The molecule has 0 bridgehead atoms. The predicted molar refractivity (Wildman–Crippen MR) is 98.8 cm³/mol. The van der Waals surface area contributed by atoms with Crippen LogP contribution < -0.4 is 10.5 Å². The number of nitrogens with two attached hydrogens (primary N) is 1. The molecule has 0 aromatic carbocycles. The van der Waals surface area contributed by atoms with E-state index in [0.717, 1.165) is 35.4 Å². The van der Waals surface area contributed by atoms with Crippen molar-refractivity contribution in [2.75, 3.05) is 25.1 Å². The first-order valence-corrected chi connectivity index (χ1v) is 10.3. The lowest BCUT2D eigenvalue weighted by Gasteiger charge is -2.12. The maximum absolute atomic E-state index is 11.1. The number of sulfonamides is 1. The van der Waals surface area contributed by atoms with Gasteiger partial charge in [-0.05, 0) is 39.2 Å². The summed E-state index contributed by atoms with van der Waals surface area (Å²) in [4.78, 5) is 8.99. The van der Waals surface area contributed by atoms with E-state index in [1.165, 1.54) is 6.26 Å². The quantitative estimate of drug-likeness (QED) is 0.648. The fraction of sp³-hybridized carbons (Fsp3) is 0.625. The molecule has 0 amide bonds. The van der Waals surface area contributed by atoms with Crippen LogP contribution in [0, 0.1) is 13.8 Å². The van der Waals surface area contributed by atoms with Gasteiger partial charge in [0.25, 0.3) is 0 Å². The fourth-order valence-corrected chi connectivity index (χ4v) is 3.26. The highest BCUT2D eigenvalue weighted by Gasteiger charge is 2.17. The number of hydrogen-bond donors (Lipinski definition) is 2. The molecule has 2 aromatic rings. The Labute approximate surface area is 148 Å². The average Bonchev–Trinajstić information content (AvgIpc) is 2.88. The molecule has 2 heterocycles. The summed E-state index contributed by atoms with van der Waals surface area (Å²) in [6.07, 6.45) is 2.71. The number of aryl methyl sites for hydroxylation is 3. The molecule has 2 rings (SSSR count). The van der Waals surface area contributed by atoms with Crippen molar-refractivity contribution in [1.82, 2.24) is 19.3 Å². The van der Waals surface area contributed by atoms with Crippen LogP contribution in [-0.2, 0) is 27.9 Å². The number of nitrogens with one attached hydrogen (secondary N) is 1. The van der Waals surface area contributed by atoms with E-state index in [1.54, 1.807) is 0 Å². The average molecular weight is 369 g/mol. The zero-order valence-electron chi connectivity index (χ0n) is 15.3. The maximum Gasteiger partial charge on any atom is 0.208 e. The van der Waals surface area contributed by atoms with Crippen molar-refractivity contribution < 1.29 is 13.2 Å². The van der Waals surface area contributed by atoms with E-state index in [2.05, 4.69) is 19.3 Å². The van der Waals surface area contributed by atoms with Crippen LogP contribution in [0.4, 0.5) is 5.82 Å². The lowest BCUT2D eigenvalue weighted by atomic mass is 10.2. The van der Waals surface area contributed by atoms with E-state index in [9.17, 15) is 8.42 Å². The third kappa shape index (κ3) is 4.90. The van der Waals surface area contributed by atoms with Gasteiger partial charge in [-0.2, -0.15) is 0 Å². The van der Waals surface area contributed by atoms with Crippen LogP contribution in [0.15, 0.2) is 0 Å². The van der Waals surface area contributed by atoms with Crippen LogP contribution in [0.1, 0.15) is 36.8 Å². The summed E-state index contributed by atoms with van der Waals surface area (Å²) in [5.41, 5.74) is 9.67. The van der Waals surface area contributed by atoms with Crippen molar-refractivity contribution >= 4 is 26.9 Å². The molecule has 2 aromatic heterocycles. The van der Waals surface area contributed by atoms with Crippen LogP contribution in [0.3, 0.4) is 0 Å². The van der Waals surface area contributed by atoms with Gasteiger partial charge in [-0.15, -0.1) is 0 Å². The van der Waals surface area contributed by atoms with Crippen molar-refractivity contribution in [3.05, 3.63) is 17.1 Å². The molecule has 0 aliphatic heterocycles. The summed E-state index contributed by atoms with van der Waals surface area (Å²) in [6, 6.07) is 0. The second-order valence-corrected chi connectivity index (χ2v) is 7.93. The number of imidazole rings is 1. The highest BCUT2D eigenvalue weighted by molar-refractivity contribution is 7.88. The Morgan fingerprint density at radius 1 is 1.24 bits per heavy atom. The van der Waals surface area contributed by atoms with E-state index >= 15 is 0 Å².